The number of nitrogens with zero attached hydrogens (tertiary/aromatic N) is 1. The number of guanidine groups is 1. The number of nitrogens with one attached hydrogen (secondary N) is 2. The van der Waals surface area contributed by atoms with Gasteiger partial charge in [0.25, 0.3) is 0 Å². The van der Waals surface area contributed by atoms with E-state index in [4.69, 9.17) is 14.1 Å². The summed E-state index contributed by atoms with van der Waals surface area (Å²) in [6, 6.07) is 4.96. The summed E-state index contributed by atoms with van der Waals surface area (Å²) in [4.78, 5) is 4.86. The predicted octanol–water partition coefficient (Wildman–Crippen LogP) is 3.73. The van der Waals surface area contributed by atoms with Crippen molar-refractivity contribution in [3.63, 3.8) is 0 Å². The van der Waals surface area contributed by atoms with Gasteiger partial charge in [-0.05, 0) is 31.4 Å². The molecule has 1 aromatic heterocycles. The molecule has 3 unspecified atom stereocenters. The van der Waals surface area contributed by atoms with Gasteiger partial charge in [0, 0.05) is 43.0 Å². The minimum absolute atomic E-state index is 0. The van der Waals surface area contributed by atoms with Gasteiger partial charge in [-0.1, -0.05) is 26.7 Å². The van der Waals surface area contributed by atoms with E-state index in [2.05, 4.69) is 24.5 Å². The quantitative estimate of drug-likeness (QED) is 0.389. The van der Waals surface area contributed by atoms with Gasteiger partial charge in [-0.15, -0.1) is 24.0 Å². The van der Waals surface area contributed by atoms with Gasteiger partial charge in [-0.25, -0.2) is 0 Å². The van der Waals surface area contributed by atoms with Crippen LogP contribution < -0.4 is 10.6 Å². The molecule has 0 aromatic carbocycles. The largest absolute Gasteiger partial charge is 0.469 e. The summed E-state index contributed by atoms with van der Waals surface area (Å²) in [5.41, 5.74) is 0.167. The third-order valence-electron chi connectivity index (χ3n) is 6.30. The minimum Gasteiger partial charge on any atom is -0.469 e. The molecule has 2 aliphatic carbocycles. The Balaban J connectivity index is 0.00000196. The van der Waals surface area contributed by atoms with E-state index < -0.39 is 0 Å². The second-order valence-electron chi connectivity index (χ2n) is 8.37. The van der Waals surface area contributed by atoms with E-state index >= 15 is 0 Å². The molecule has 3 aliphatic rings. The molecule has 26 heavy (non-hydrogen) atoms. The maximum absolute atomic E-state index is 5.93. The minimum atomic E-state index is 0. The van der Waals surface area contributed by atoms with Crippen molar-refractivity contribution in [1.29, 1.82) is 0 Å². The number of halogens is 1. The molecule has 0 spiro atoms. The van der Waals surface area contributed by atoms with Crippen molar-refractivity contribution >= 4 is 29.9 Å². The molecule has 2 heterocycles. The van der Waals surface area contributed by atoms with E-state index in [-0.39, 0.29) is 29.4 Å². The van der Waals surface area contributed by atoms with E-state index in [0.717, 1.165) is 37.7 Å². The molecular weight excluding hydrogens is 441 g/mol. The Hall–Kier alpha value is -0.760. The predicted molar refractivity (Wildman–Crippen MR) is 114 cm³/mol. The molecule has 4 rings (SSSR count). The fourth-order valence-electron chi connectivity index (χ4n) is 4.89. The fraction of sp³-hybridized carbons (Fsp3) is 0.750. The monoisotopic (exact) mass is 473 g/mol. The van der Waals surface area contributed by atoms with Gasteiger partial charge in [0.1, 0.15) is 5.76 Å². The maximum atomic E-state index is 5.93. The summed E-state index contributed by atoms with van der Waals surface area (Å²) >= 11 is 0. The Morgan fingerprint density at radius 2 is 2.04 bits per heavy atom. The lowest BCUT2D eigenvalue weighted by Gasteiger charge is -2.55. The number of hydrogen-bond acceptors (Lipinski definition) is 3. The SMILES string of the molecule is CC1(C)C(NC(=NCCc2ccco2)NC2CCCC2)C2CCOC21.I. The summed E-state index contributed by atoms with van der Waals surface area (Å²) in [6.07, 6.45) is 9.29. The molecule has 0 bridgehead atoms. The highest BCUT2D eigenvalue weighted by molar-refractivity contribution is 14.0. The number of ether oxygens (including phenoxy) is 1. The first-order valence-corrected chi connectivity index (χ1v) is 9.86. The highest BCUT2D eigenvalue weighted by Gasteiger charge is 2.59. The second kappa shape index (κ2) is 8.50. The van der Waals surface area contributed by atoms with Crippen LogP contribution in [0.5, 0.6) is 0 Å². The van der Waals surface area contributed by atoms with Crippen LogP contribution in [-0.4, -0.2) is 37.3 Å². The molecule has 2 saturated carbocycles. The number of furan rings is 1. The van der Waals surface area contributed by atoms with Crippen molar-refractivity contribution in [2.45, 2.75) is 70.6 Å². The zero-order chi connectivity index (χ0) is 17.3. The Kier molecular flexibility index (Phi) is 6.54. The Morgan fingerprint density at radius 1 is 1.23 bits per heavy atom. The Morgan fingerprint density at radius 3 is 2.77 bits per heavy atom. The highest BCUT2D eigenvalue weighted by Crippen LogP contribution is 2.52. The molecule has 146 valence electrons. The number of fused-ring (bicyclic) bond motifs is 1. The van der Waals surface area contributed by atoms with Crippen LogP contribution in [0.1, 0.15) is 51.7 Å². The zero-order valence-electron chi connectivity index (χ0n) is 15.9. The third kappa shape index (κ3) is 4.06. The van der Waals surface area contributed by atoms with Crippen molar-refractivity contribution < 1.29 is 9.15 Å². The van der Waals surface area contributed by atoms with Crippen molar-refractivity contribution in [2.24, 2.45) is 16.3 Å². The van der Waals surface area contributed by atoms with Crippen LogP contribution >= 0.6 is 24.0 Å². The lowest BCUT2D eigenvalue weighted by atomic mass is 9.57. The van der Waals surface area contributed by atoms with Gasteiger partial charge < -0.3 is 19.8 Å². The summed E-state index contributed by atoms with van der Waals surface area (Å²) in [5.74, 6) is 2.59. The number of aliphatic imine (C=N–C) groups is 1. The maximum Gasteiger partial charge on any atom is 0.191 e. The average Bonchev–Trinajstić information content (AvgIpc) is 3.33. The van der Waals surface area contributed by atoms with Gasteiger partial charge in [-0.2, -0.15) is 0 Å². The molecule has 1 saturated heterocycles. The van der Waals surface area contributed by atoms with E-state index in [0.29, 0.717) is 24.1 Å². The van der Waals surface area contributed by atoms with Gasteiger partial charge in [0.15, 0.2) is 5.96 Å². The highest BCUT2D eigenvalue weighted by atomic mass is 127. The van der Waals surface area contributed by atoms with Crippen molar-refractivity contribution in [1.82, 2.24) is 10.6 Å². The Labute approximate surface area is 173 Å². The van der Waals surface area contributed by atoms with Crippen LogP contribution in [0.4, 0.5) is 0 Å². The van der Waals surface area contributed by atoms with Crippen LogP contribution in [0.25, 0.3) is 0 Å². The molecule has 5 nitrogen and oxygen atoms in total. The molecule has 2 N–H and O–H groups in total. The van der Waals surface area contributed by atoms with E-state index in [1.165, 1.54) is 25.7 Å². The van der Waals surface area contributed by atoms with Gasteiger partial charge in [-0.3, -0.25) is 4.99 Å². The zero-order valence-corrected chi connectivity index (χ0v) is 18.2. The first kappa shape index (κ1) is 20.0. The van der Waals surface area contributed by atoms with Crippen LogP contribution in [0.2, 0.25) is 0 Å². The van der Waals surface area contributed by atoms with Gasteiger partial charge in [0.2, 0.25) is 0 Å². The number of rotatable bonds is 5. The molecule has 3 fully saturated rings. The third-order valence-corrected chi connectivity index (χ3v) is 6.30. The van der Waals surface area contributed by atoms with Crippen LogP contribution in [0.15, 0.2) is 27.8 Å². The van der Waals surface area contributed by atoms with Crippen LogP contribution in [-0.2, 0) is 11.2 Å². The standard InChI is InChI=1S/C20H31N3O2.HI/c1-20(2)17(16-10-13-25-18(16)20)23-19(22-14-6-3-4-7-14)21-11-9-15-8-5-12-24-15;/h5,8,12,14,16-18H,3-4,6-7,9-11,13H2,1-2H3,(H2,21,22,23);1H. The molecule has 6 heteroatoms. The molecule has 3 atom stereocenters. The van der Waals surface area contributed by atoms with Crippen molar-refractivity contribution in [2.75, 3.05) is 13.2 Å². The summed E-state index contributed by atoms with van der Waals surface area (Å²) in [5, 5.41) is 7.43. The topological polar surface area (TPSA) is 58.8 Å². The molecule has 0 amide bonds. The summed E-state index contributed by atoms with van der Waals surface area (Å²) in [7, 11) is 0. The molecular formula is C20H32IN3O2. The van der Waals surface area contributed by atoms with E-state index in [9.17, 15) is 0 Å². The van der Waals surface area contributed by atoms with Crippen LogP contribution in [0, 0.1) is 11.3 Å². The van der Waals surface area contributed by atoms with Gasteiger partial charge >= 0.3 is 0 Å². The molecule has 1 aliphatic heterocycles. The van der Waals surface area contributed by atoms with E-state index in [1.807, 2.05) is 12.1 Å². The summed E-state index contributed by atoms with van der Waals surface area (Å²) < 4.78 is 11.4. The van der Waals surface area contributed by atoms with Gasteiger partial charge in [0.05, 0.1) is 12.4 Å². The van der Waals surface area contributed by atoms with E-state index in [1.54, 1.807) is 6.26 Å². The average molecular weight is 473 g/mol. The lowest BCUT2D eigenvalue weighted by molar-refractivity contribution is -0.106. The smallest absolute Gasteiger partial charge is 0.191 e. The molecule has 1 aromatic rings. The second-order valence-corrected chi connectivity index (χ2v) is 8.37. The number of hydrogen-bond donors (Lipinski definition) is 2. The molecule has 0 radical (unpaired) electrons. The first-order valence-electron chi connectivity index (χ1n) is 9.86. The van der Waals surface area contributed by atoms with Crippen molar-refractivity contribution in [3.05, 3.63) is 24.2 Å². The lowest BCUT2D eigenvalue weighted by Crippen LogP contribution is -2.68. The summed E-state index contributed by atoms with van der Waals surface area (Å²) in [6.45, 7) is 6.27. The normalized spacial score (nSPS) is 30.4. The van der Waals surface area contributed by atoms with Crippen LogP contribution in [0.3, 0.4) is 0 Å². The Bertz CT molecular complexity index is 596. The fourth-order valence-corrected chi connectivity index (χ4v) is 4.89. The first-order chi connectivity index (χ1) is 12.1. The van der Waals surface area contributed by atoms with Crippen molar-refractivity contribution in [3.8, 4) is 0 Å².